The summed E-state index contributed by atoms with van der Waals surface area (Å²) in [6.07, 6.45) is 7.01. The first-order valence-corrected chi connectivity index (χ1v) is 7.80. The van der Waals surface area contributed by atoms with Crippen LogP contribution in [-0.4, -0.2) is 18.9 Å². The average molecular weight is 322 g/mol. The smallest absolute Gasteiger partial charge is 0.373 e. The van der Waals surface area contributed by atoms with E-state index in [0.717, 1.165) is 19.1 Å². The maximum atomic E-state index is 8.12. The summed E-state index contributed by atoms with van der Waals surface area (Å²) in [7, 11) is 0. The first kappa shape index (κ1) is 23.2. The molecule has 0 saturated heterocycles. The van der Waals surface area contributed by atoms with E-state index >= 15 is 0 Å². The SMILES string of the molecule is CCCC(CCC)CCOCc1ccccc1.O=C=O.O=C=O. The lowest BCUT2D eigenvalue weighted by atomic mass is 9.95. The van der Waals surface area contributed by atoms with Gasteiger partial charge in [0.15, 0.2) is 0 Å². The van der Waals surface area contributed by atoms with Crippen molar-refractivity contribution in [2.24, 2.45) is 5.92 Å². The highest BCUT2D eigenvalue weighted by atomic mass is 16.5. The standard InChI is InChI=1S/C16H26O.2CO2/c1-3-8-15(9-4-2)12-13-17-14-16-10-6-5-7-11-16;2*2-1-3/h5-7,10-11,15H,3-4,8-9,12-14H2,1-2H3;;. The molecule has 0 aromatic heterocycles. The predicted molar refractivity (Wildman–Crippen MR) is 84.0 cm³/mol. The normalized spacial score (nSPS) is 8.83. The Morgan fingerprint density at radius 3 is 1.78 bits per heavy atom. The van der Waals surface area contributed by atoms with E-state index in [0.29, 0.717) is 0 Å². The van der Waals surface area contributed by atoms with Gasteiger partial charge in [-0.15, -0.1) is 0 Å². The molecule has 0 aliphatic rings. The molecule has 0 amide bonds. The van der Waals surface area contributed by atoms with E-state index in [1.54, 1.807) is 0 Å². The van der Waals surface area contributed by atoms with Crippen molar-refractivity contribution in [3.05, 3.63) is 35.9 Å². The Kier molecular flexibility index (Phi) is 20.1. The Hall–Kier alpha value is -2.06. The number of carbonyl (C=O) groups excluding carboxylic acids is 4. The summed E-state index contributed by atoms with van der Waals surface area (Å²) in [6.45, 7) is 6.20. The quantitative estimate of drug-likeness (QED) is 0.649. The minimum absolute atomic E-state index is 0.250. The fourth-order valence-corrected chi connectivity index (χ4v) is 2.26. The van der Waals surface area contributed by atoms with Crippen LogP contribution in [0.3, 0.4) is 0 Å². The Bertz CT molecular complexity index is 400. The van der Waals surface area contributed by atoms with Crippen molar-refractivity contribution in [2.75, 3.05) is 6.61 Å². The summed E-state index contributed by atoms with van der Waals surface area (Å²) in [4.78, 5) is 32.5. The molecule has 0 heterocycles. The van der Waals surface area contributed by atoms with Gasteiger partial charge in [0.1, 0.15) is 0 Å². The van der Waals surface area contributed by atoms with Crippen molar-refractivity contribution < 1.29 is 23.9 Å². The van der Waals surface area contributed by atoms with Crippen LogP contribution in [0.25, 0.3) is 0 Å². The second-order valence-electron chi connectivity index (χ2n) is 4.94. The van der Waals surface area contributed by atoms with Crippen molar-refractivity contribution in [3.8, 4) is 0 Å². The monoisotopic (exact) mass is 322 g/mol. The van der Waals surface area contributed by atoms with E-state index in [4.69, 9.17) is 23.9 Å². The molecule has 0 N–H and O–H groups in total. The van der Waals surface area contributed by atoms with Crippen LogP contribution in [0.1, 0.15) is 51.5 Å². The third-order valence-corrected chi connectivity index (χ3v) is 3.18. The molecular formula is C18H26O5. The third-order valence-electron chi connectivity index (χ3n) is 3.18. The zero-order chi connectivity index (χ0) is 17.8. The van der Waals surface area contributed by atoms with Crippen LogP contribution in [-0.2, 0) is 30.5 Å². The largest absolute Gasteiger partial charge is 0.377 e. The van der Waals surface area contributed by atoms with Gasteiger partial charge in [-0.25, -0.2) is 0 Å². The lowest BCUT2D eigenvalue weighted by Crippen LogP contribution is -2.05. The van der Waals surface area contributed by atoms with Gasteiger partial charge < -0.3 is 4.74 Å². The van der Waals surface area contributed by atoms with Crippen molar-refractivity contribution in [2.45, 2.75) is 52.6 Å². The Labute approximate surface area is 138 Å². The van der Waals surface area contributed by atoms with E-state index in [2.05, 4.69) is 38.1 Å². The second-order valence-corrected chi connectivity index (χ2v) is 4.94. The third kappa shape index (κ3) is 17.9. The summed E-state index contributed by atoms with van der Waals surface area (Å²) in [5.41, 5.74) is 1.27. The van der Waals surface area contributed by atoms with Crippen LogP contribution in [0.4, 0.5) is 0 Å². The summed E-state index contributed by atoms with van der Waals surface area (Å²) < 4.78 is 5.74. The molecule has 0 spiro atoms. The van der Waals surface area contributed by atoms with E-state index in [9.17, 15) is 0 Å². The lowest BCUT2D eigenvalue weighted by Gasteiger charge is -2.15. The summed E-state index contributed by atoms with van der Waals surface area (Å²) in [5.74, 6) is 0.862. The summed E-state index contributed by atoms with van der Waals surface area (Å²) >= 11 is 0. The minimum atomic E-state index is 0.250. The molecule has 1 rings (SSSR count). The Morgan fingerprint density at radius 1 is 0.870 bits per heavy atom. The molecule has 0 unspecified atom stereocenters. The van der Waals surface area contributed by atoms with Crippen LogP contribution < -0.4 is 0 Å². The van der Waals surface area contributed by atoms with Crippen molar-refractivity contribution in [3.63, 3.8) is 0 Å². The van der Waals surface area contributed by atoms with Crippen LogP contribution in [0.15, 0.2) is 30.3 Å². The van der Waals surface area contributed by atoms with Gasteiger partial charge in [-0.05, 0) is 17.9 Å². The van der Waals surface area contributed by atoms with Crippen LogP contribution >= 0.6 is 0 Å². The first-order valence-electron chi connectivity index (χ1n) is 7.80. The molecule has 23 heavy (non-hydrogen) atoms. The summed E-state index contributed by atoms with van der Waals surface area (Å²) in [6, 6.07) is 10.4. The van der Waals surface area contributed by atoms with E-state index in [-0.39, 0.29) is 12.3 Å². The fourth-order valence-electron chi connectivity index (χ4n) is 2.26. The van der Waals surface area contributed by atoms with Gasteiger partial charge in [-0.3, -0.25) is 0 Å². The Balaban J connectivity index is 0. The minimum Gasteiger partial charge on any atom is -0.377 e. The molecule has 0 bridgehead atoms. The zero-order valence-corrected chi connectivity index (χ0v) is 14.0. The van der Waals surface area contributed by atoms with Crippen LogP contribution in [0.5, 0.6) is 0 Å². The van der Waals surface area contributed by atoms with Crippen molar-refractivity contribution >= 4 is 12.3 Å². The highest BCUT2D eigenvalue weighted by molar-refractivity contribution is 5.20. The van der Waals surface area contributed by atoms with Gasteiger partial charge in [0.2, 0.25) is 0 Å². The number of hydrogen-bond donors (Lipinski definition) is 0. The molecule has 0 fully saturated rings. The highest BCUT2D eigenvalue weighted by Crippen LogP contribution is 2.17. The highest BCUT2D eigenvalue weighted by Gasteiger charge is 2.06. The molecule has 5 heteroatoms. The molecule has 128 valence electrons. The van der Waals surface area contributed by atoms with E-state index < -0.39 is 0 Å². The van der Waals surface area contributed by atoms with Gasteiger partial charge in [0.25, 0.3) is 0 Å². The van der Waals surface area contributed by atoms with Crippen molar-refractivity contribution in [1.29, 1.82) is 0 Å². The van der Waals surface area contributed by atoms with Gasteiger partial charge in [0, 0.05) is 6.61 Å². The molecular weight excluding hydrogens is 296 g/mol. The van der Waals surface area contributed by atoms with Crippen LogP contribution in [0, 0.1) is 5.92 Å². The number of ether oxygens (including phenoxy) is 1. The lowest BCUT2D eigenvalue weighted by molar-refractivity contribution is -0.193. The topological polar surface area (TPSA) is 77.5 Å². The number of benzene rings is 1. The van der Waals surface area contributed by atoms with E-state index in [1.807, 2.05) is 6.07 Å². The molecule has 0 atom stereocenters. The average Bonchev–Trinajstić information content (AvgIpc) is 2.54. The van der Waals surface area contributed by atoms with E-state index in [1.165, 1.54) is 37.7 Å². The number of rotatable bonds is 9. The second kappa shape index (κ2) is 19.9. The molecule has 0 aliphatic heterocycles. The molecule has 5 nitrogen and oxygen atoms in total. The molecule has 0 saturated carbocycles. The molecule has 1 aromatic rings. The van der Waals surface area contributed by atoms with Crippen LogP contribution in [0.2, 0.25) is 0 Å². The molecule has 0 aliphatic carbocycles. The van der Waals surface area contributed by atoms with Gasteiger partial charge in [-0.2, -0.15) is 19.2 Å². The zero-order valence-electron chi connectivity index (χ0n) is 14.0. The Morgan fingerprint density at radius 2 is 1.35 bits per heavy atom. The van der Waals surface area contributed by atoms with Crippen molar-refractivity contribution in [1.82, 2.24) is 0 Å². The molecule has 1 aromatic carbocycles. The predicted octanol–water partition coefficient (Wildman–Crippen LogP) is 3.64. The maximum Gasteiger partial charge on any atom is 0.373 e. The van der Waals surface area contributed by atoms with Gasteiger partial charge >= 0.3 is 12.3 Å². The maximum absolute atomic E-state index is 8.12. The summed E-state index contributed by atoms with van der Waals surface area (Å²) in [5, 5.41) is 0. The number of hydrogen-bond acceptors (Lipinski definition) is 5. The first-order chi connectivity index (χ1) is 11.2. The van der Waals surface area contributed by atoms with Gasteiger partial charge in [0.05, 0.1) is 6.61 Å². The molecule has 0 radical (unpaired) electrons. The van der Waals surface area contributed by atoms with Gasteiger partial charge in [-0.1, -0.05) is 69.9 Å². The fraction of sp³-hybridized carbons (Fsp3) is 0.556.